The monoisotopic (exact) mass is 314 g/mol. The van der Waals surface area contributed by atoms with E-state index in [4.69, 9.17) is 4.84 Å². The van der Waals surface area contributed by atoms with Gasteiger partial charge in [0.1, 0.15) is 0 Å². The van der Waals surface area contributed by atoms with Crippen LogP contribution in [0.5, 0.6) is 0 Å². The molecule has 0 aromatic heterocycles. The first-order valence-electron chi connectivity index (χ1n) is 9.10. The smallest absolute Gasteiger partial charge is 0.165 e. The molecule has 0 amide bonds. The van der Waals surface area contributed by atoms with Crippen molar-refractivity contribution < 1.29 is 4.84 Å². The van der Waals surface area contributed by atoms with E-state index in [-0.39, 0.29) is 5.72 Å². The summed E-state index contributed by atoms with van der Waals surface area (Å²) in [5, 5.41) is 7.91. The van der Waals surface area contributed by atoms with Gasteiger partial charge in [-0.1, -0.05) is 5.59 Å². The molecule has 23 heavy (non-hydrogen) atoms. The minimum Gasteiger partial charge on any atom is -0.385 e. The fourth-order valence-corrected chi connectivity index (χ4v) is 5.16. The maximum atomic E-state index is 6.22. The summed E-state index contributed by atoms with van der Waals surface area (Å²) in [5.41, 5.74) is 6.94. The standard InChI is InChI=1S/C18H26N4O/c1-21-18(12-13-4-6-15(18)7-5-13)23-20-22(21)16-8-9-17-14(11-16)3-2-10-19-17/h8-9,11,13,15,19-20H,2-7,10,12H2,1H3. The summed E-state index contributed by atoms with van der Waals surface area (Å²) >= 11 is 0. The number of hydrogen-bond acceptors (Lipinski definition) is 5. The Bertz CT molecular complexity index is 613. The van der Waals surface area contributed by atoms with E-state index in [2.05, 4.69) is 46.3 Å². The van der Waals surface area contributed by atoms with Crippen molar-refractivity contribution in [2.45, 2.75) is 50.7 Å². The number of hydrogen-bond donors (Lipinski definition) is 2. The molecule has 1 unspecified atom stereocenters. The summed E-state index contributed by atoms with van der Waals surface area (Å²) in [4.78, 5) is 6.22. The van der Waals surface area contributed by atoms with E-state index in [1.807, 2.05) is 0 Å². The second kappa shape index (κ2) is 5.10. The Labute approximate surface area is 137 Å². The van der Waals surface area contributed by atoms with Crippen LogP contribution in [-0.2, 0) is 11.3 Å². The van der Waals surface area contributed by atoms with Crippen LogP contribution in [0.3, 0.4) is 0 Å². The fourth-order valence-electron chi connectivity index (χ4n) is 5.16. The molecular weight excluding hydrogens is 288 g/mol. The van der Waals surface area contributed by atoms with Gasteiger partial charge in [0.15, 0.2) is 5.72 Å². The molecule has 4 fully saturated rings. The van der Waals surface area contributed by atoms with E-state index in [0.717, 1.165) is 25.3 Å². The fraction of sp³-hybridized carbons (Fsp3) is 0.667. The Morgan fingerprint density at radius 3 is 2.87 bits per heavy atom. The third-order valence-corrected chi connectivity index (χ3v) is 6.49. The van der Waals surface area contributed by atoms with E-state index in [9.17, 15) is 0 Å². The topological polar surface area (TPSA) is 39.8 Å². The summed E-state index contributed by atoms with van der Waals surface area (Å²) < 4.78 is 0. The minimum atomic E-state index is -0.144. The molecule has 2 heterocycles. The van der Waals surface area contributed by atoms with Crippen molar-refractivity contribution in [3.8, 4) is 0 Å². The molecule has 3 saturated carbocycles. The Kier molecular flexibility index (Phi) is 3.12. The van der Waals surface area contributed by atoms with Gasteiger partial charge < -0.3 is 5.32 Å². The third-order valence-electron chi connectivity index (χ3n) is 6.49. The van der Waals surface area contributed by atoms with Crippen LogP contribution in [0, 0.1) is 11.8 Å². The van der Waals surface area contributed by atoms with Gasteiger partial charge in [0, 0.05) is 25.2 Å². The average molecular weight is 314 g/mol. The normalized spacial score (nSPS) is 36.3. The molecule has 1 aromatic rings. The van der Waals surface area contributed by atoms with E-state index >= 15 is 0 Å². The van der Waals surface area contributed by atoms with E-state index < -0.39 is 0 Å². The van der Waals surface area contributed by atoms with Gasteiger partial charge in [-0.3, -0.25) is 4.84 Å². The molecule has 1 aromatic carbocycles. The van der Waals surface area contributed by atoms with E-state index in [1.54, 1.807) is 0 Å². The lowest BCUT2D eigenvalue weighted by Gasteiger charge is -2.50. The molecule has 2 aliphatic heterocycles. The second-order valence-electron chi connectivity index (χ2n) is 7.67. The van der Waals surface area contributed by atoms with Crippen molar-refractivity contribution in [2.24, 2.45) is 11.8 Å². The predicted molar refractivity (Wildman–Crippen MR) is 90.5 cm³/mol. The molecular formula is C18H26N4O. The van der Waals surface area contributed by atoms with Gasteiger partial charge in [-0.15, -0.1) is 0 Å². The van der Waals surface area contributed by atoms with E-state index in [0.29, 0.717) is 5.92 Å². The van der Waals surface area contributed by atoms with Gasteiger partial charge in [-0.05, 0) is 74.6 Å². The van der Waals surface area contributed by atoms with Crippen molar-refractivity contribution in [2.75, 3.05) is 24.0 Å². The number of hydrazine groups is 2. The van der Waals surface area contributed by atoms with Crippen LogP contribution >= 0.6 is 0 Å². The lowest BCUT2D eigenvalue weighted by atomic mass is 9.65. The van der Waals surface area contributed by atoms with Crippen LogP contribution in [0.2, 0.25) is 0 Å². The zero-order valence-corrected chi connectivity index (χ0v) is 13.8. The minimum absolute atomic E-state index is 0.144. The SMILES string of the molecule is CN1N(c2ccc3c(c2)CCCN3)NOC12CC1CCC2CC1. The highest BCUT2D eigenvalue weighted by Crippen LogP contribution is 2.52. The average Bonchev–Trinajstić information content (AvgIpc) is 2.92. The van der Waals surface area contributed by atoms with Gasteiger partial charge >= 0.3 is 0 Å². The molecule has 3 aliphatic carbocycles. The van der Waals surface area contributed by atoms with Gasteiger partial charge in [0.2, 0.25) is 0 Å². The highest BCUT2D eigenvalue weighted by Gasteiger charge is 2.56. The van der Waals surface area contributed by atoms with Gasteiger partial charge in [0.05, 0.1) is 5.69 Å². The van der Waals surface area contributed by atoms with E-state index in [1.165, 1.54) is 49.0 Å². The first kappa shape index (κ1) is 14.1. The van der Waals surface area contributed by atoms with Crippen LogP contribution in [0.25, 0.3) is 0 Å². The highest BCUT2D eigenvalue weighted by molar-refractivity contribution is 5.61. The first-order valence-corrected chi connectivity index (χ1v) is 9.10. The zero-order chi connectivity index (χ0) is 15.4. The molecule has 5 nitrogen and oxygen atoms in total. The Balaban J connectivity index is 1.44. The van der Waals surface area contributed by atoms with Crippen LogP contribution < -0.4 is 16.0 Å². The molecule has 6 rings (SSSR count). The summed E-state index contributed by atoms with van der Waals surface area (Å²) in [7, 11) is 2.18. The van der Waals surface area contributed by atoms with Crippen LogP contribution in [0.4, 0.5) is 11.4 Å². The lowest BCUT2D eigenvalue weighted by molar-refractivity contribution is -0.193. The molecule has 1 saturated heterocycles. The van der Waals surface area contributed by atoms with Crippen LogP contribution in [-0.4, -0.2) is 24.3 Å². The number of nitrogens with one attached hydrogen (secondary N) is 2. The molecule has 2 N–H and O–H groups in total. The Hall–Kier alpha value is -1.30. The highest BCUT2D eigenvalue weighted by atomic mass is 16.8. The summed E-state index contributed by atoms with van der Waals surface area (Å²) in [6.07, 6.45) is 8.90. The maximum Gasteiger partial charge on any atom is 0.165 e. The predicted octanol–water partition coefficient (Wildman–Crippen LogP) is 3.05. The lowest BCUT2D eigenvalue weighted by Crippen LogP contribution is -2.58. The summed E-state index contributed by atoms with van der Waals surface area (Å²) in [6, 6.07) is 6.69. The Morgan fingerprint density at radius 1 is 1.22 bits per heavy atom. The quantitative estimate of drug-likeness (QED) is 0.834. The van der Waals surface area contributed by atoms with Gasteiger partial charge in [-0.2, -0.15) is 5.01 Å². The zero-order valence-electron chi connectivity index (χ0n) is 13.8. The molecule has 1 atom stereocenters. The molecule has 5 aliphatic rings. The van der Waals surface area contributed by atoms with Crippen molar-refractivity contribution in [1.29, 1.82) is 0 Å². The van der Waals surface area contributed by atoms with Crippen molar-refractivity contribution in [3.63, 3.8) is 0 Å². The third kappa shape index (κ3) is 2.03. The molecule has 2 bridgehead atoms. The van der Waals surface area contributed by atoms with Crippen molar-refractivity contribution in [3.05, 3.63) is 23.8 Å². The van der Waals surface area contributed by atoms with Crippen LogP contribution in [0.15, 0.2) is 18.2 Å². The first-order chi connectivity index (χ1) is 11.3. The summed E-state index contributed by atoms with van der Waals surface area (Å²) in [5.74, 6) is 1.48. The molecule has 124 valence electrons. The summed E-state index contributed by atoms with van der Waals surface area (Å²) in [6.45, 7) is 1.09. The number of rotatable bonds is 1. The molecule has 1 spiro atoms. The number of benzene rings is 1. The number of aryl methyl sites for hydroxylation is 1. The molecule has 0 radical (unpaired) electrons. The largest absolute Gasteiger partial charge is 0.385 e. The van der Waals surface area contributed by atoms with Crippen LogP contribution in [0.1, 0.15) is 44.1 Å². The van der Waals surface area contributed by atoms with Crippen molar-refractivity contribution >= 4 is 11.4 Å². The van der Waals surface area contributed by atoms with Crippen molar-refractivity contribution in [1.82, 2.24) is 10.6 Å². The number of fused-ring (bicyclic) bond motifs is 3. The number of nitrogens with zero attached hydrogens (tertiary/aromatic N) is 2. The van der Waals surface area contributed by atoms with Gasteiger partial charge in [-0.25, -0.2) is 5.12 Å². The maximum absolute atomic E-state index is 6.22. The second-order valence-corrected chi connectivity index (χ2v) is 7.67. The Morgan fingerprint density at radius 2 is 2.09 bits per heavy atom. The molecule has 5 heteroatoms. The number of anilines is 2. The van der Waals surface area contributed by atoms with Gasteiger partial charge in [0.25, 0.3) is 0 Å².